The lowest BCUT2D eigenvalue weighted by molar-refractivity contribution is -0.136. The first-order valence-electron chi connectivity index (χ1n) is 12.4. The molecule has 1 unspecified atom stereocenters. The second-order valence-corrected chi connectivity index (χ2v) is 12.3. The summed E-state index contributed by atoms with van der Waals surface area (Å²) >= 11 is 1.09. The number of pyridine rings is 1. The zero-order valence-electron chi connectivity index (χ0n) is 21.1. The number of ether oxygens (including phenoxy) is 4. The van der Waals surface area contributed by atoms with Crippen molar-refractivity contribution >= 4 is 38.2 Å². The van der Waals surface area contributed by atoms with Gasteiger partial charge in [-0.1, -0.05) is 23.5 Å². The molecule has 1 N–H and O–H groups in total. The lowest BCUT2D eigenvalue weighted by Crippen LogP contribution is -2.31. The van der Waals surface area contributed by atoms with Gasteiger partial charge in [-0.3, -0.25) is 15.1 Å². The predicted molar refractivity (Wildman–Crippen MR) is 141 cm³/mol. The van der Waals surface area contributed by atoms with Crippen molar-refractivity contribution in [1.82, 2.24) is 9.97 Å². The highest BCUT2D eigenvalue weighted by Crippen LogP contribution is 2.35. The van der Waals surface area contributed by atoms with Gasteiger partial charge in [-0.15, -0.1) is 0 Å². The average Bonchev–Trinajstić information content (AvgIpc) is 3.74. The number of carbonyl (C=O) groups is 2. The Balaban J connectivity index is 1.30. The summed E-state index contributed by atoms with van der Waals surface area (Å²) in [6, 6.07) is 7.79. The van der Waals surface area contributed by atoms with Crippen LogP contribution in [0.2, 0.25) is 0 Å². The van der Waals surface area contributed by atoms with E-state index in [-0.39, 0.29) is 26.9 Å². The third-order valence-electron chi connectivity index (χ3n) is 6.28. The van der Waals surface area contributed by atoms with Gasteiger partial charge in [0, 0.05) is 19.4 Å². The largest absolute Gasteiger partial charge is 0.465 e. The molecule has 1 aliphatic heterocycles. The molecule has 1 aliphatic carbocycles. The number of nitrogens with zero attached hydrogens (tertiary/aromatic N) is 2. The lowest BCUT2D eigenvalue weighted by Gasteiger charge is -2.27. The van der Waals surface area contributed by atoms with Crippen LogP contribution in [0.4, 0.5) is 5.13 Å². The third kappa shape index (κ3) is 6.61. The van der Waals surface area contributed by atoms with Crippen LogP contribution >= 0.6 is 11.3 Å². The molecule has 2 aliphatic rings. The Labute approximate surface area is 229 Å². The monoisotopic (exact) mass is 573 g/mol. The summed E-state index contributed by atoms with van der Waals surface area (Å²) in [5, 5.41) is 3.10. The molecule has 1 amide bonds. The molecular formula is C26H27N3O8S2. The van der Waals surface area contributed by atoms with Crippen LogP contribution in [-0.2, 0) is 28.8 Å². The second kappa shape index (κ2) is 11.8. The van der Waals surface area contributed by atoms with Gasteiger partial charge in [0.2, 0.25) is 5.06 Å². The third-order valence-corrected chi connectivity index (χ3v) is 9.35. The lowest BCUT2D eigenvalue weighted by atomic mass is 10.1. The molecule has 2 aromatic heterocycles. The fourth-order valence-corrected chi connectivity index (χ4v) is 6.40. The smallest absolute Gasteiger partial charge is 0.339 e. The second-order valence-electron chi connectivity index (χ2n) is 9.12. The van der Waals surface area contributed by atoms with Gasteiger partial charge >= 0.3 is 5.97 Å². The van der Waals surface area contributed by atoms with E-state index < -0.39 is 27.8 Å². The van der Waals surface area contributed by atoms with Gasteiger partial charge in [0.15, 0.2) is 21.1 Å². The summed E-state index contributed by atoms with van der Waals surface area (Å²) in [7, 11) is -2.07. The maximum absolute atomic E-state index is 13.4. The number of nitrogens with one attached hydrogen (secondary N) is 1. The standard InChI is InChI=1S/C26H27N3O8S2/c1-34-25(31)17-12-19(14-27-13-17)36-22-15-28-26(38-22)29-24(30)23(37-18-8-10-35-11-9-18)16-2-4-20(5-3-16)39(32,33)21-6-7-21/h2-5,12-15,18,21,23H,6-11H2,1H3,(H,28,29,30). The van der Waals surface area contributed by atoms with Gasteiger partial charge in [0.1, 0.15) is 5.75 Å². The molecule has 1 aromatic carbocycles. The van der Waals surface area contributed by atoms with E-state index in [1.807, 2.05) is 0 Å². The number of aromatic nitrogens is 2. The summed E-state index contributed by atoms with van der Waals surface area (Å²) in [5.41, 5.74) is 0.768. The van der Waals surface area contributed by atoms with Crippen molar-refractivity contribution in [2.24, 2.45) is 0 Å². The van der Waals surface area contributed by atoms with Crippen molar-refractivity contribution in [3.05, 3.63) is 60.0 Å². The van der Waals surface area contributed by atoms with E-state index in [1.54, 1.807) is 12.1 Å². The van der Waals surface area contributed by atoms with Crippen molar-refractivity contribution in [1.29, 1.82) is 0 Å². The van der Waals surface area contributed by atoms with Gasteiger partial charge in [0.25, 0.3) is 5.91 Å². The summed E-state index contributed by atoms with van der Waals surface area (Å²) in [4.78, 5) is 33.6. The molecule has 11 nitrogen and oxygen atoms in total. The molecule has 1 atom stereocenters. The van der Waals surface area contributed by atoms with E-state index in [4.69, 9.17) is 18.9 Å². The van der Waals surface area contributed by atoms with Crippen LogP contribution in [0.25, 0.3) is 0 Å². The molecule has 39 heavy (non-hydrogen) atoms. The quantitative estimate of drug-likeness (QED) is 0.354. The highest BCUT2D eigenvalue weighted by Gasteiger charge is 2.37. The van der Waals surface area contributed by atoms with Crippen molar-refractivity contribution in [2.75, 3.05) is 25.6 Å². The molecule has 0 radical (unpaired) electrons. The van der Waals surface area contributed by atoms with Gasteiger partial charge < -0.3 is 18.9 Å². The molecule has 5 rings (SSSR count). The van der Waals surface area contributed by atoms with Gasteiger partial charge in [-0.25, -0.2) is 18.2 Å². The highest BCUT2D eigenvalue weighted by molar-refractivity contribution is 7.92. The van der Waals surface area contributed by atoms with Crippen molar-refractivity contribution < 1.29 is 37.0 Å². The number of esters is 1. The molecule has 13 heteroatoms. The van der Waals surface area contributed by atoms with Crippen molar-refractivity contribution in [2.45, 2.75) is 48.0 Å². The van der Waals surface area contributed by atoms with Crippen LogP contribution in [0.15, 0.2) is 53.8 Å². The van der Waals surface area contributed by atoms with Crippen molar-refractivity contribution in [3.8, 4) is 10.8 Å². The highest BCUT2D eigenvalue weighted by atomic mass is 32.2. The SMILES string of the molecule is COC(=O)c1cncc(Oc2cnc(NC(=O)C(OC3CCOCC3)c3ccc(S(=O)(=O)C4CC4)cc3)s2)c1. The van der Waals surface area contributed by atoms with E-state index in [0.717, 1.165) is 11.3 Å². The first-order valence-corrected chi connectivity index (χ1v) is 14.7. The minimum atomic E-state index is -3.35. The Hall–Kier alpha value is -3.39. The number of hydrogen-bond donors (Lipinski definition) is 1. The van der Waals surface area contributed by atoms with Gasteiger partial charge in [-0.05, 0) is 49.4 Å². The summed E-state index contributed by atoms with van der Waals surface area (Å²) in [5.74, 6) is -0.685. The Morgan fingerprint density at radius 1 is 1.08 bits per heavy atom. The molecule has 1 saturated carbocycles. The van der Waals surface area contributed by atoms with E-state index in [1.165, 1.54) is 43.9 Å². The zero-order valence-corrected chi connectivity index (χ0v) is 22.7. The molecule has 1 saturated heterocycles. The molecular weight excluding hydrogens is 546 g/mol. The first-order chi connectivity index (χ1) is 18.8. The van der Waals surface area contributed by atoms with E-state index in [9.17, 15) is 18.0 Å². The molecule has 0 bridgehead atoms. The molecule has 3 aromatic rings. The summed E-state index contributed by atoms with van der Waals surface area (Å²) in [6.45, 7) is 1.08. The topological polar surface area (TPSA) is 143 Å². The Morgan fingerprint density at radius 3 is 2.51 bits per heavy atom. The van der Waals surface area contributed by atoms with Crippen LogP contribution in [0.3, 0.4) is 0 Å². The van der Waals surface area contributed by atoms with Crippen LogP contribution in [-0.4, -0.2) is 61.9 Å². The maximum atomic E-state index is 13.4. The van der Waals surface area contributed by atoms with E-state index >= 15 is 0 Å². The average molecular weight is 574 g/mol. The molecule has 0 spiro atoms. The first kappa shape index (κ1) is 27.2. The zero-order chi connectivity index (χ0) is 27.4. The van der Waals surface area contributed by atoms with Crippen molar-refractivity contribution in [3.63, 3.8) is 0 Å². The van der Waals surface area contributed by atoms with Crippen LogP contribution < -0.4 is 10.1 Å². The number of sulfone groups is 1. The number of carbonyl (C=O) groups excluding carboxylic acids is 2. The minimum Gasteiger partial charge on any atom is -0.465 e. The molecule has 2 fully saturated rings. The number of anilines is 1. The Morgan fingerprint density at radius 2 is 1.82 bits per heavy atom. The Bertz CT molecular complexity index is 1430. The minimum absolute atomic E-state index is 0.186. The van der Waals surface area contributed by atoms with Crippen LogP contribution in [0, 0.1) is 0 Å². The fourth-order valence-electron chi connectivity index (χ4n) is 4.05. The maximum Gasteiger partial charge on any atom is 0.339 e. The number of hydrogen-bond acceptors (Lipinski definition) is 11. The van der Waals surface area contributed by atoms with E-state index in [2.05, 4.69) is 15.3 Å². The number of thiazole rings is 1. The predicted octanol–water partition coefficient (Wildman–Crippen LogP) is 3.93. The van der Waals surface area contributed by atoms with Gasteiger partial charge in [0.05, 0.1) is 41.3 Å². The van der Waals surface area contributed by atoms with Crippen LogP contribution in [0.5, 0.6) is 10.8 Å². The fraction of sp³-hybridized carbons (Fsp3) is 0.385. The molecule has 206 valence electrons. The van der Waals surface area contributed by atoms with Gasteiger partial charge in [-0.2, -0.15) is 0 Å². The molecule has 3 heterocycles. The number of rotatable bonds is 10. The number of amides is 1. The summed E-state index contributed by atoms with van der Waals surface area (Å²) < 4.78 is 47.2. The number of methoxy groups -OCH3 is 1. The van der Waals surface area contributed by atoms with Crippen LogP contribution in [0.1, 0.15) is 47.7 Å². The summed E-state index contributed by atoms with van der Waals surface area (Å²) in [6.07, 6.45) is 5.71. The Kier molecular flexibility index (Phi) is 8.21. The van der Waals surface area contributed by atoms with E-state index in [0.29, 0.717) is 55.3 Å². The number of benzene rings is 1. The normalized spacial score (nSPS) is 16.8.